The van der Waals surface area contributed by atoms with E-state index < -0.39 is 0 Å². The van der Waals surface area contributed by atoms with E-state index in [1.165, 1.54) is 37.9 Å². The largest absolute Gasteiger partial charge is 0.300 e. The molecule has 0 aliphatic carbocycles. The number of benzene rings is 1. The van der Waals surface area contributed by atoms with Crippen LogP contribution in [0.1, 0.15) is 24.8 Å². The molecule has 1 aromatic rings. The molecule has 0 spiro atoms. The van der Waals surface area contributed by atoms with Gasteiger partial charge in [0, 0.05) is 6.54 Å². The van der Waals surface area contributed by atoms with E-state index in [2.05, 4.69) is 47.4 Å². The van der Waals surface area contributed by atoms with E-state index in [0.29, 0.717) is 0 Å². The fourth-order valence-electron chi connectivity index (χ4n) is 2.20. The molecule has 1 aliphatic rings. The summed E-state index contributed by atoms with van der Waals surface area (Å²) in [5.41, 5.74) is 1.40. The van der Waals surface area contributed by atoms with Gasteiger partial charge in [0.2, 0.25) is 0 Å². The van der Waals surface area contributed by atoms with Gasteiger partial charge in [-0.05, 0) is 37.9 Å². The lowest BCUT2D eigenvalue weighted by Gasteiger charge is -2.24. The van der Waals surface area contributed by atoms with Crippen LogP contribution >= 0.6 is 0 Å². The summed E-state index contributed by atoms with van der Waals surface area (Å²) in [4.78, 5) is 2.55. The third-order valence-corrected chi connectivity index (χ3v) is 3.18. The molecular formula is C15H21N. The molecule has 1 aliphatic heterocycles. The van der Waals surface area contributed by atoms with Crippen molar-refractivity contribution in [2.24, 2.45) is 0 Å². The van der Waals surface area contributed by atoms with Crippen LogP contribution in [-0.4, -0.2) is 24.5 Å². The minimum atomic E-state index is 1.06. The van der Waals surface area contributed by atoms with Crippen LogP contribution in [-0.2, 0) is 6.42 Å². The van der Waals surface area contributed by atoms with Gasteiger partial charge >= 0.3 is 0 Å². The highest BCUT2D eigenvalue weighted by Crippen LogP contribution is 2.08. The maximum absolute atomic E-state index is 2.55. The van der Waals surface area contributed by atoms with E-state index in [-0.39, 0.29) is 0 Å². The molecule has 16 heavy (non-hydrogen) atoms. The lowest BCUT2D eigenvalue weighted by atomic mass is 10.1. The van der Waals surface area contributed by atoms with Gasteiger partial charge < -0.3 is 0 Å². The second-order valence-corrected chi connectivity index (χ2v) is 4.52. The van der Waals surface area contributed by atoms with Crippen LogP contribution < -0.4 is 0 Å². The Balaban J connectivity index is 1.69. The SMILES string of the molecule is C(=C\CN1CCCCC1)/Cc1ccccc1. The number of nitrogens with zero attached hydrogens (tertiary/aromatic N) is 1. The number of rotatable bonds is 4. The van der Waals surface area contributed by atoms with Crippen molar-refractivity contribution in [2.75, 3.05) is 19.6 Å². The summed E-state index contributed by atoms with van der Waals surface area (Å²) in [6, 6.07) is 10.7. The minimum absolute atomic E-state index is 1.06. The average Bonchev–Trinajstić information content (AvgIpc) is 2.37. The number of piperidine rings is 1. The molecular weight excluding hydrogens is 194 g/mol. The second-order valence-electron chi connectivity index (χ2n) is 4.52. The zero-order valence-corrected chi connectivity index (χ0v) is 9.94. The highest BCUT2D eigenvalue weighted by Gasteiger charge is 2.06. The number of hydrogen-bond donors (Lipinski definition) is 0. The summed E-state index contributed by atoms with van der Waals surface area (Å²) in [5.74, 6) is 0. The molecule has 0 atom stereocenters. The van der Waals surface area contributed by atoms with E-state index >= 15 is 0 Å². The Labute approximate surface area is 98.8 Å². The van der Waals surface area contributed by atoms with Gasteiger partial charge in [-0.2, -0.15) is 0 Å². The first-order valence-corrected chi connectivity index (χ1v) is 6.36. The van der Waals surface area contributed by atoms with Gasteiger partial charge in [-0.3, -0.25) is 4.90 Å². The molecule has 0 radical (unpaired) electrons. The summed E-state index contributed by atoms with van der Waals surface area (Å²) in [5, 5.41) is 0. The average molecular weight is 215 g/mol. The highest BCUT2D eigenvalue weighted by atomic mass is 15.1. The van der Waals surface area contributed by atoms with Gasteiger partial charge in [0.15, 0.2) is 0 Å². The molecule has 0 aromatic heterocycles. The molecule has 86 valence electrons. The van der Waals surface area contributed by atoms with Crippen LogP contribution in [0.3, 0.4) is 0 Å². The molecule has 0 amide bonds. The normalized spacial score (nSPS) is 18.0. The van der Waals surface area contributed by atoms with Crippen LogP contribution in [0.25, 0.3) is 0 Å². The number of likely N-dealkylation sites (tertiary alicyclic amines) is 1. The van der Waals surface area contributed by atoms with Gasteiger partial charge in [-0.1, -0.05) is 48.9 Å². The van der Waals surface area contributed by atoms with Gasteiger partial charge in [-0.15, -0.1) is 0 Å². The Bertz CT molecular complexity index is 309. The smallest absolute Gasteiger partial charge is 0.0163 e. The van der Waals surface area contributed by atoms with Crippen molar-refractivity contribution in [1.29, 1.82) is 0 Å². The Hall–Kier alpha value is -1.08. The lowest BCUT2D eigenvalue weighted by molar-refractivity contribution is 0.251. The summed E-state index contributed by atoms with van der Waals surface area (Å²) in [6.45, 7) is 3.71. The van der Waals surface area contributed by atoms with Crippen LogP contribution in [0.5, 0.6) is 0 Å². The van der Waals surface area contributed by atoms with Crippen LogP contribution in [0, 0.1) is 0 Å². The maximum Gasteiger partial charge on any atom is 0.0163 e. The van der Waals surface area contributed by atoms with Crippen LogP contribution in [0.2, 0.25) is 0 Å². The molecule has 0 N–H and O–H groups in total. The summed E-state index contributed by atoms with van der Waals surface area (Å²) in [7, 11) is 0. The zero-order chi connectivity index (χ0) is 11.1. The Kier molecular flexibility index (Phi) is 4.63. The minimum Gasteiger partial charge on any atom is -0.300 e. The first-order valence-electron chi connectivity index (χ1n) is 6.36. The van der Waals surface area contributed by atoms with E-state index in [9.17, 15) is 0 Å². The lowest BCUT2D eigenvalue weighted by Crippen LogP contribution is -2.29. The standard InChI is InChI=1S/C15H21N/c1-3-9-15(10-4-1)11-5-8-14-16-12-6-2-7-13-16/h1,3-5,8-10H,2,6-7,11-14H2/b8-5+. The third kappa shape index (κ3) is 3.82. The fraction of sp³-hybridized carbons (Fsp3) is 0.467. The quantitative estimate of drug-likeness (QED) is 0.697. The molecule has 1 fully saturated rings. The summed E-state index contributed by atoms with van der Waals surface area (Å²) < 4.78 is 0. The van der Waals surface area contributed by atoms with E-state index in [1.54, 1.807) is 0 Å². The van der Waals surface area contributed by atoms with Crippen LogP contribution in [0.4, 0.5) is 0 Å². The highest BCUT2D eigenvalue weighted by molar-refractivity contribution is 5.17. The van der Waals surface area contributed by atoms with Crippen molar-refractivity contribution in [3.8, 4) is 0 Å². The predicted octanol–water partition coefficient (Wildman–Crippen LogP) is 3.27. The second kappa shape index (κ2) is 6.49. The van der Waals surface area contributed by atoms with Crippen molar-refractivity contribution >= 4 is 0 Å². The monoisotopic (exact) mass is 215 g/mol. The van der Waals surface area contributed by atoms with Gasteiger partial charge in [0.05, 0.1) is 0 Å². The van der Waals surface area contributed by atoms with Crippen molar-refractivity contribution in [1.82, 2.24) is 4.90 Å². The van der Waals surface area contributed by atoms with Gasteiger partial charge in [0.1, 0.15) is 0 Å². The van der Waals surface area contributed by atoms with E-state index in [0.717, 1.165) is 13.0 Å². The molecule has 1 heterocycles. The molecule has 1 nitrogen and oxygen atoms in total. The summed E-state index contributed by atoms with van der Waals surface area (Å²) in [6.07, 6.45) is 9.86. The topological polar surface area (TPSA) is 3.24 Å². The van der Waals surface area contributed by atoms with E-state index in [4.69, 9.17) is 0 Å². The Morgan fingerprint density at radius 2 is 1.69 bits per heavy atom. The molecule has 2 rings (SSSR count). The van der Waals surface area contributed by atoms with Crippen molar-refractivity contribution < 1.29 is 0 Å². The van der Waals surface area contributed by atoms with Crippen LogP contribution in [0.15, 0.2) is 42.5 Å². The van der Waals surface area contributed by atoms with E-state index in [1.807, 2.05) is 0 Å². The molecule has 0 unspecified atom stereocenters. The zero-order valence-electron chi connectivity index (χ0n) is 9.94. The first-order chi connectivity index (χ1) is 7.95. The molecule has 0 saturated carbocycles. The Morgan fingerprint density at radius 1 is 0.938 bits per heavy atom. The number of hydrogen-bond acceptors (Lipinski definition) is 1. The predicted molar refractivity (Wildman–Crippen MR) is 69.6 cm³/mol. The molecule has 1 aromatic carbocycles. The first kappa shape index (κ1) is 11.4. The van der Waals surface area contributed by atoms with Gasteiger partial charge in [-0.25, -0.2) is 0 Å². The van der Waals surface area contributed by atoms with Gasteiger partial charge in [0.25, 0.3) is 0 Å². The number of allylic oxidation sites excluding steroid dienone is 1. The van der Waals surface area contributed by atoms with Crippen molar-refractivity contribution in [2.45, 2.75) is 25.7 Å². The third-order valence-electron chi connectivity index (χ3n) is 3.18. The van der Waals surface area contributed by atoms with Crippen molar-refractivity contribution in [3.63, 3.8) is 0 Å². The molecule has 1 heteroatoms. The Morgan fingerprint density at radius 3 is 2.44 bits per heavy atom. The molecule has 0 bridgehead atoms. The van der Waals surface area contributed by atoms with Crippen molar-refractivity contribution in [3.05, 3.63) is 48.0 Å². The molecule has 1 saturated heterocycles. The maximum atomic E-state index is 2.55. The fourth-order valence-corrected chi connectivity index (χ4v) is 2.20. The summed E-state index contributed by atoms with van der Waals surface area (Å²) >= 11 is 0.